The van der Waals surface area contributed by atoms with Gasteiger partial charge in [0.25, 0.3) is 5.82 Å². The summed E-state index contributed by atoms with van der Waals surface area (Å²) < 4.78 is 38.4. The summed E-state index contributed by atoms with van der Waals surface area (Å²) in [6.07, 6.45) is -0.471. The number of hydrogen-bond donors (Lipinski definition) is 2. The Labute approximate surface area is 141 Å². The SMILES string of the molecule is C1CCNCC1.NCc1cc(-n2nnnc2C(F)(F)F)ccc1N=O. The fraction of sp³-hybridized carbons (Fsp3) is 0.500. The highest BCUT2D eigenvalue weighted by Crippen LogP contribution is 2.29. The highest BCUT2D eigenvalue weighted by molar-refractivity contribution is 5.51. The molecule has 2 aromatic rings. The summed E-state index contributed by atoms with van der Waals surface area (Å²) in [5.41, 5.74) is 5.80. The van der Waals surface area contributed by atoms with Gasteiger partial charge in [-0.25, -0.2) is 0 Å². The van der Waals surface area contributed by atoms with Crippen LogP contribution in [0.2, 0.25) is 0 Å². The molecule has 0 spiro atoms. The molecule has 136 valence electrons. The van der Waals surface area contributed by atoms with E-state index in [0.29, 0.717) is 10.2 Å². The molecule has 8 nitrogen and oxygen atoms in total. The zero-order valence-electron chi connectivity index (χ0n) is 13.3. The Bertz CT molecular complexity index is 686. The first kappa shape index (κ1) is 18.9. The molecule has 3 N–H and O–H groups in total. The van der Waals surface area contributed by atoms with E-state index in [9.17, 15) is 18.1 Å². The van der Waals surface area contributed by atoms with Crippen LogP contribution in [-0.4, -0.2) is 33.3 Å². The average Bonchev–Trinajstić information content (AvgIpc) is 3.13. The first-order chi connectivity index (χ1) is 12.0. The van der Waals surface area contributed by atoms with E-state index in [4.69, 9.17) is 5.73 Å². The predicted molar refractivity (Wildman–Crippen MR) is 84.2 cm³/mol. The molecule has 0 aliphatic carbocycles. The van der Waals surface area contributed by atoms with E-state index in [0.717, 1.165) is 0 Å². The third kappa shape index (κ3) is 5.03. The summed E-state index contributed by atoms with van der Waals surface area (Å²) in [7, 11) is 0. The summed E-state index contributed by atoms with van der Waals surface area (Å²) in [4.78, 5) is 10.5. The number of nitroso groups, excluding NO2 is 1. The van der Waals surface area contributed by atoms with Crippen LogP contribution >= 0.6 is 0 Å². The molecular formula is C14H18F3N7O. The van der Waals surface area contributed by atoms with Gasteiger partial charge in [0.05, 0.1) is 5.69 Å². The number of piperidine rings is 1. The van der Waals surface area contributed by atoms with Crippen LogP contribution in [0.3, 0.4) is 0 Å². The summed E-state index contributed by atoms with van der Waals surface area (Å²) in [6.45, 7) is 2.46. The number of benzene rings is 1. The second-order valence-corrected chi connectivity index (χ2v) is 5.33. The first-order valence-corrected chi connectivity index (χ1v) is 7.70. The van der Waals surface area contributed by atoms with Crippen molar-refractivity contribution in [2.45, 2.75) is 32.0 Å². The molecule has 0 radical (unpaired) electrons. The maximum atomic E-state index is 12.6. The van der Waals surface area contributed by atoms with Gasteiger partial charge in [0, 0.05) is 6.54 Å². The van der Waals surface area contributed by atoms with Crippen LogP contribution in [0.25, 0.3) is 5.69 Å². The molecule has 0 atom stereocenters. The van der Waals surface area contributed by atoms with Crippen molar-refractivity contribution in [1.82, 2.24) is 25.5 Å². The third-order valence-corrected chi connectivity index (χ3v) is 3.56. The minimum absolute atomic E-state index is 0.0433. The Kier molecular flexibility index (Phi) is 6.53. The molecule has 0 amide bonds. The van der Waals surface area contributed by atoms with Crippen LogP contribution in [0.15, 0.2) is 23.4 Å². The van der Waals surface area contributed by atoms with Gasteiger partial charge in [-0.2, -0.15) is 17.9 Å². The Morgan fingerprint density at radius 3 is 2.44 bits per heavy atom. The van der Waals surface area contributed by atoms with E-state index in [1.807, 2.05) is 0 Å². The molecule has 0 unspecified atom stereocenters. The zero-order valence-corrected chi connectivity index (χ0v) is 13.3. The van der Waals surface area contributed by atoms with E-state index >= 15 is 0 Å². The first-order valence-electron chi connectivity index (χ1n) is 7.70. The van der Waals surface area contributed by atoms with Crippen molar-refractivity contribution in [3.63, 3.8) is 0 Å². The van der Waals surface area contributed by atoms with Gasteiger partial charge in [-0.3, -0.25) is 0 Å². The van der Waals surface area contributed by atoms with Gasteiger partial charge in [-0.1, -0.05) is 6.42 Å². The Morgan fingerprint density at radius 1 is 1.24 bits per heavy atom. The van der Waals surface area contributed by atoms with Gasteiger partial charge >= 0.3 is 6.18 Å². The number of nitrogens with one attached hydrogen (secondary N) is 1. The summed E-state index contributed by atoms with van der Waals surface area (Å²) >= 11 is 0. The van der Waals surface area contributed by atoms with Crippen molar-refractivity contribution in [3.05, 3.63) is 34.5 Å². The van der Waals surface area contributed by atoms with E-state index in [2.05, 4.69) is 26.0 Å². The van der Waals surface area contributed by atoms with Crippen LogP contribution in [-0.2, 0) is 12.7 Å². The topological polar surface area (TPSA) is 111 Å². The standard InChI is InChI=1S/C9H7F3N6O.C5H11N/c10-9(11,12)8-14-16-17-18(8)6-1-2-7(15-19)5(3-6)4-13;1-2-4-6-5-3-1/h1-3H,4,13H2;6H,1-5H2. The smallest absolute Gasteiger partial charge is 0.326 e. The molecule has 1 aromatic carbocycles. The van der Waals surface area contributed by atoms with E-state index in [-0.39, 0.29) is 17.9 Å². The second-order valence-electron chi connectivity index (χ2n) is 5.33. The average molecular weight is 357 g/mol. The van der Waals surface area contributed by atoms with Crippen LogP contribution in [0.4, 0.5) is 18.9 Å². The highest BCUT2D eigenvalue weighted by atomic mass is 19.4. The lowest BCUT2D eigenvalue weighted by molar-refractivity contribution is -0.146. The Hall–Kier alpha value is -2.40. The number of hydrogen-bond acceptors (Lipinski definition) is 7. The molecule has 2 heterocycles. The molecule has 1 aliphatic rings. The molecule has 1 saturated heterocycles. The number of alkyl halides is 3. The highest BCUT2D eigenvalue weighted by Gasteiger charge is 2.38. The second kappa shape index (κ2) is 8.62. The number of nitrogens with zero attached hydrogens (tertiary/aromatic N) is 5. The molecule has 0 bridgehead atoms. The zero-order chi connectivity index (χ0) is 18.3. The van der Waals surface area contributed by atoms with Crippen molar-refractivity contribution < 1.29 is 13.2 Å². The minimum Gasteiger partial charge on any atom is -0.326 e. The van der Waals surface area contributed by atoms with Gasteiger partial charge < -0.3 is 11.1 Å². The molecule has 0 saturated carbocycles. The molecule has 1 aliphatic heterocycles. The molecular weight excluding hydrogens is 339 g/mol. The number of rotatable bonds is 3. The van der Waals surface area contributed by atoms with Crippen molar-refractivity contribution in [2.24, 2.45) is 10.9 Å². The van der Waals surface area contributed by atoms with Gasteiger partial charge in [0.1, 0.15) is 5.69 Å². The maximum absolute atomic E-state index is 12.6. The monoisotopic (exact) mass is 357 g/mol. The summed E-state index contributed by atoms with van der Waals surface area (Å²) in [6, 6.07) is 3.79. The van der Waals surface area contributed by atoms with Gasteiger partial charge in [0.15, 0.2) is 0 Å². The van der Waals surface area contributed by atoms with Crippen molar-refractivity contribution in [1.29, 1.82) is 0 Å². The fourth-order valence-corrected chi connectivity index (χ4v) is 2.30. The Morgan fingerprint density at radius 2 is 1.96 bits per heavy atom. The van der Waals surface area contributed by atoms with Crippen molar-refractivity contribution in [3.8, 4) is 5.69 Å². The third-order valence-electron chi connectivity index (χ3n) is 3.56. The van der Waals surface area contributed by atoms with E-state index in [1.54, 1.807) is 0 Å². The number of halogens is 3. The van der Waals surface area contributed by atoms with Crippen molar-refractivity contribution in [2.75, 3.05) is 13.1 Å². The predicted octanol–water partition coefficient (Wildman–Crippen LogP) is 2.30. The largest absolute Gasteiger partial charge is 0.453 e. The van der Waals surface area contributed by atoms with Gasteiger partial charge in [-0.15, -0.1) is 10.0 Å². The van der Waals surface area contributed by atoms with Crippen molar-refractivity contribution >= 4 is 5.69 Å². The van der Waals surface area contributed by atoms with E-state index in [1.165, 1.54) is 50.6 Å². The normalized spacial score (nSPS) is 14.6. The molecule has 11 heteroatoms. The number of tetrazole rings is 1. The molecule has 3 rings (SSSR count). The maximum Gasteiger partial charge on any atom is 0.453 e. The summed E-state index contributed by atoms with van der Waals surface area (Å²) in [5, 5.41) is 15.2. The summed E-state index contributed by atoms with van der Waals surface area (Å²) in [5.74, 6) is -1.26. The van der Waals surface area contributed by atoms with Crippen LogP contribution in [0, 0.1) is 4.91 Å². The molecule has 1 aromatic heterocycles. The minimum atomic E-state index is -4.69. The van der Waals surface area contributed by atoms with E-state index < -0.39 is 12.0 Å². The van der Waals surface area contributed by atoms with Gasteiger partial charge in [0.2, 0.25) is 0 Å². The lowest BCUT2D eigenvalue weighted by Gasteiger charge is -2.08. The number of aromatic nitrogens is 4. The van der Waals surface area contributed by atoms with Crippen LogP contribution in [0.5, 0.6) is 0 Å². The fourth-order valence-electron chi connectivity index (χ4n) is 2.30. The molecule has 25 heavy (non-hydrogen) atoms. The quantitative estimate of drug-likeness (QED) is 0.816. The Balaban J connectivity index is 0.000000316. The lowest BCUT2D eigenvalue weighted by Crippen LogP contribution is -2.21. The number of nitrogens with two attached hydrogens (primary N) is 1. The molecule has 1 fully saturated rings. The van der Waals surface area contributed by atoms with Gasteiger partial charge in [-0.05, 0) is 65.3 Å². The lowest BCUT2D eigenvalue weighted by atomic mass is 10.1. The van der Waals surface area contributed by atoms with Crippen LogP contribution < -0.4 is 11.1 Å². The van der Waals surface area contributed by atoms with Crippen LogP contribution in [0.1, 0.15) is 30.7 Å².